The average Bonchev–Trinajstić information content (AvgIpc) is 3.48. The van der Waals surface area contributed by atoms with Crippen molar-refractivity contribution in [2.24, 2.45) is 7.05 Å². The Morgan fingerprint density at radius 3 is 2.58 bits per heavy atom. The Morgan fingerprint density at radius 2 is 1.82 bits per heavy atom. The van der Waals surface area contributed by atoms with Crippen molar-refractivity contribution in [3.05, 3.63) is 85.2 Å². The van der Waals surface area contributed by atoms with Gasteiger partial charge >= 0.3 is 0 Å². The first-order valence-corrected chi connectivity index (χ1v) is 10.3. The maximum Gasteiger partial charge on any atom is 0.269 e. The predicted octanol–water partition coefficient (Wildman–Crippen LogP) is 4.05. The van der Waals surface area contributed by atoms with E-state index in [4.69, 9.17) is 9.72 Å². The van der Waals surface area contributed by atoms with Crippen molar-refractivity contribution in [3.8, 4) is 17.2 Å². The number of carbonyl (C=O) groups is 1. The Hall–Kier alpha value is -4.66. The molecule has 9 heteroatoms. The maximum absolute atomic E-state index is 11.8. The van der Waals surface area contributed by atoms with Gasteiger partial charge in [-0.2, -0.15) is 0 Å². The van der Waals surface area contributed by atoms with Gasteiger partial charge in [-0.1, -0.05) is 0 Å². The van der Waals surface area contributed by atoms with Crippen molar-refractivity contribution in [2.75, 3.05) is 12.4 Å². The van der Waals surface area contributed by atoms with Gasteiger partial charge in [-0.25, -0.2) is 9.97 Å². The number of hydrogen-bond donors (Lipinski definition) is 2. The lowest BCUT2D eigenvalue weighted by Crippen LogP contribution is -2.18. The maximum atomic E-state index is 11.8. The van der Waals surface area contributed by atoms with Crippen LogP contribution in [0.4, 0.5) is 11.6 Å². The highest BCUT2D eigenvalue weighted by Crippen LogP contribution is 2.28. The van der Waals surface area contributed by atoms with E-state index >= 15 is 0 Å². The fourth-order valence-corrected chi connectivity index (χ4v) is 3.48. The highest BCUT2D eigenvalue weighted by molar-refractivity contribution is 5.92. The largest absolute Gasteiger partial charge is 0.457 e. The molecule has 0 atom stereocenters. The minimum Gasteiger partial charge on any atom is -0.457 e. The summed E-state index contributed by atoms with van der Waals surface area (Å²) in [4.78, 5) is 24.7. The summed E-state index contributed by atoms with van der Waals surface area (Å²) < 4.78 is 9.87. The number of nitrogens with one attached hydrogen (secondary N) is 2. The van der Waals surface area contributed by atoms with Gasteiger partial charge in [0, 0.05) is 56.2 Å². The second-order valence-electron chi connectivity index (χ2n) is 7.34. The molecule has 5 rings (SSSR count). The zero-order valence-corrected chi connectivity index (χ0v) is 18.1. The number of aryl methyl sites for hydroxylation is 1. The van der Waals surface area contributed by atoms with E-state index in [-0.39, 0.29) is 5.91 Å². The van der Waals surface area contributed by atoms with E-state index in [1.165, 1.54) is 0 Å². The molecule has 33 heavy (non-hydrogen) atoms. The van der Waals surface area contributed by atoms with E-state index in [0.717, 1.165) is 22.4 Å². The third kappa shape index (κ3) is 4.11. The summed E-state index contributed by atoms with van der Waals surface area (Å²) in [7, 11) is 3.52. The Kier molecular flexibility index (Phi) is 5.19. The molecule has 164 valence electrons. The van der Waals surface area contributed by atoms with Gasteiger partial charge in [-0.3, -0.25) is 9.78 Å². The molecule has 0 unspecified atom stereocenters. The monoisotopic (exact) mass is 439 g/mol. The van der Waals surface area contributed by atoms with Crippen LogP contribution < -0.4 is 15.4 Å². The molecular weight excluding hydrogens is 418 g/mol. The molecule has 3 heterocycles. The number of aromatic nitrogens is 5. The van der Waals surface area contributed by atoms with Gasteiger partial charge in [-0.15, -0.1) is 0 Å². The first kappa shape index (κ1) is 20.3. The number of benzene rings is 2. The Morgan fingerprint density at radius 1 is 1.00 bits per heavy atom. The summed E-state index contributed by atoms with van der Waals surface area (Å²) in [5.74, 6) is 1.58. The Balaban J connectivity index is 1.36. The average molecular weight is 439 g/mol. The van der Waals surface area contributed by atoms with Gasteiger partial charge in [0.25, 0.3) is 5.91 Å². The van der Waals surface area contributed by atoms with Crippen LogP contribution in [0.15, 0.2) is 79.5 Å². The topological polar surface area (TPSA) is 98.9 Å². The molecule has 0 radical (unpaired) electrons. The molecular formula is C24H21N7O2. The molecule has 0 aliphatic carbocycles. The molecule has 9 nitrogen and oxygen atoms in total. The summed E-state index contributed by atoms with van der Waals surface area (Å²) >= 11 is 0. The molecule has 5 aromatic rings. The van der Waals surface area contributed by atoms with Crippen molar-refractivity contribution in [3.63, 3.8) is 0 Å². The SMILES string of the molecule is CNC(=O)c1cc(Oc2ccc3c(c2)nc(Nc2ccc(-n4ccnc4)cc2)n3C)ccn1. The van der Waals surface area contributed by atoms with Gasteiger partial charge in [0.1, 0.15) is 17.2 Å². The number of pyridine rings is 1. The first-order chi connectivity index (χ1) is 16.1. The van der Waals surface area contributed by atoms with Crippen molar-refractivity contribution in [2.45, 2.75) is 0 Å². The molecule has 2 N–H and O–H groups in total. The lowest BCUT2D eigenvalue weighted by Gasteiger charge is -2.08. The number of fused-ring (bicyclic) bond motifs is 1. The summed E-state index contributed by atoms with van der Waals surface area (Å²) in [6.07, 6.45) is 6.95. The van der Waals surface area contributed by atoms with Crippen LogP contribution in [0.1, 0.15) is 10.5 Å². The number of imidazole rings is 2. The zero-order chi connectivity index (χ0) is 22.8. The van der Waals surface area contributed by atoms with Crippen LogP contribution in [0.2, 0.25) is 0 Å². The van der Waals surface area contributed by atoms with Crippen LogP contribution in [-0.2, 0) is 7.05 Å². The summed E-state index contributed by atoms with van der Waals surface area (Å²) in [6.45, 7) is 0. The molecule has 0 fully saturated rings. The van der Waals surface area contributed by atoms with Crippen molar-refractivity contribution < 1.29 is 9.53 Å². The molecule has 0 bridgehead atoms. The van der Waals surface area contributed by atoms with E-state index in [0.29, 0.717) is 23.1 Å². The van der Waals surface area contributed by atoms with Crippen LogP contribution >= 0.6 is 0 Å². The first-order valence-electron chi connectivity index (χ1n) is 10.3. The summed E-state index contributed by atoms with van der Waals surface area (Å²) in [5.41, 5.74) is 3.99. The number of ether oxygens (including phenoxy) is 1. The van der Waals surface area contributed by atoms with Crippen LogP contribution in [0.5, 0.6) is 11.5 Å². The molecule has 0 aliphatic rings. The molecule has 2 aromatic carbocycles. The van der Waals surface area contributed by atoms with Crippen LogP contribution in [0.25, 0.3) is 16.7 Å². The number of carbonyl (C=O) groups excluding carboxylic acids is 1. The quantitative estimate of drug-likeness (QED) is 0.414. The second-order valence-corrected chi connectivity index (χ2v) is 7.34. The van der Waals surface area contributed by atoms with Gasteiger partial charge in [-0.05, 0) is 42.5 Å². The van der Waals surface area contributed by atoms with E-state index < -0.39 is 0 Å². The normalized spacial score (nSPS) is 10.8. The Bertz CT molecular complexity index is 1420. The molecule has 0 spiro atoms. The predicted molar refractivity (Wildman–Crippen MR) is 125 cm³/mol. The molecule has 1 amide bonds. The fourth-order valence-electron chi connectivity index (χ4n) is 3.48. The van der Waals surface area contributed by atoms with Crippen LogP contribution in [0.3, 0.4) is 0 Å². The number of amides is 1. The molecule has 0 aliphatic heterocycles. The highest BCUT2D eigenvalue weighted by Gasteiger charge is 2.11. The molecule has 0 saturated carbocycles. The van der Waals surface area contributed by atoms with Gasteiger partial charge in [0.05, 0.1) is 17.4 Å². The van der Waals surface area contributed by atoms with E-state index in [9.17, 15) is 4.79 Å². The van der Waals surface area contributed by atoms with Gasteiger partial charge in [0.2, 0.25) is 5.95 Å². The Labute approximate surface area is 189 Å². The van der Waals surface area contributed by atoms with Gasteiger partial charge in [0.15, 0.2) is 0 Å². The fraction of sp³-hybridized carbons (Fsp3) is 0.0833. The highest BCUT2D eigenvalue weighted by atomic mass is 16.5. The van der Waals surface area contributed by atoms with E-state index in [2.05, 4.69) is 20.6 Å². The lowest BCUT2D eigenvalue weighted by molar-refractivity contribution is 0.0958. The second kappa shape index (κ2) is 8.46. The summed E-state index contributed by atoms with van der Waals surface area (Å²) in [6, 6.07) is 17.0. The van der Waals surface area contributed by atoms with Crippen molar-refractivity contribution in [1.82, 2.24) is 29.4 Å². The number of hydrogen-bond acceptors (Lipinski definition) is 6. The van der Waals surface area contributed by atoms with E-state index in [1.807, 2.05) is 64.8 Å². The standard InChI is InChI=1S/C24H21N7O2/c1-25-23(32)21-14-19(9-10-27-21)33-18-7-8-22-20(13-18)29-24(30(22)2)28-16-3-5-17(6-4-16)31-12-11-26-15-31/h3-15H,1-2H3,(H,25,32)(H,28,29). The van der Waals surface area contributed by atoms with Crippen LogP contribution in [0, 0.1) is 0 Å². The molecule has 3 aromatic heterocycles. The smallest absolute Gasteiger partial charge is 0.269 e. The minimum atomic E-state index is -0.269. The van der Waals surface area contributed by atoms with E-state index in [1.54, 1.807) is 37.9 Å². The number of rotatable bonds is 6. The minimum absolute atomic E-state index is 0.269. The van der Waals surface area contributed by atoms with Gasteiger partial charge < -0.3 is 24.5 Å². The summed E-state index contributed by atoms with van der Waals surface area (Å²) in [5, 5.41) is 5.92. The third-order valence-corrected chi connectivity index (χ3v) is 5.21. The third-order valence-electron chi connectivity index (χ3n) is 5.21. The van der Waals surface area contributed by atoms with Crippen molar-refractivity contribution in [1.29, 1.82) is 0 Å². The zero-order valence-electron chi connectivity index (χ0n) is 18.1. The van der Waals surface area contributed by atoms with Crippen LogP contribution in [-0.4, -0.2) is 37.0 Å². The molecule has 0 saturated heterocycles. The number of nitrogens with zero attached hydrogens (tertiary/aromatic N) is 5. The van der Waals surface area contributed by atoms with Crippen molar-refractivity contribution >= 4 is 28.6 Å². The lowest BCUT2D eigenvalue weighted by atomic mass is 10.3. The number of anilines is 2.